The first-order valence-electron chi connectivity index (χ1n) is 4.20. The minimum absolute atomic E-state index is 0.242. The summed E-state index contributed by atoms with van der Waals surface area (Å²) in [7, 11) is 0. The van der Waals surface area contributed by atoms with Crippen LogP contribution in [0.4, 0.5) is 0 Å². The number of ether oxygens (including phenoxy) is 1. The Labute approximate surface area is 73.0 Å². The molecule has 0 aliphatic heterocycles. The van der Waals surface area contributed by atoms with E-state index in [4.69, 9.17) is 9.84 Å². The molecule has 0 saturated carbocycles. The van der Waals surface area contributed by atoms with Gasteiger partial charge in [0, 0.05) is 0 Å². The van der Waals surface area contributed by atoms with Crippen LogP contribution in [0.15, 0.2) is 11.8 Å². The number of hydrogen-bond acceptors (Lipinski definition) is 3. The zero-order valence-corrected chi connectivity index (χ0v) is 7.67. The fraction of sp³-hybridized carbons (Fsp3) is 0.667. The van der Waals surface area contributed by atoms with Gasteiger partial charge in [0.25, 0.3) is 0 Å². The first-order chi connectivity index (χ1) is 5.72. The molecule has 0 aromatic heterocycles. The van der Waals surface area contributed by atoms with Crippen molar-refractivity contribution in [3.8, 4) is 0 Å². The number of esters is 1. The van der Waals surface area contributed by atoms with E-state index in [0.717, 1.165) is 25.5 Å². The number of hydrogen-bond donors (Lipinski definition) is 1. The summed E-state index contributed by atoms with van der Waals surface area (Å²) in [5, 5.41) is 8.45. The largest absolute Gasteiger partial charge is 0.515 e. The number of aliphatic hydroxyl groups excluding tert-OH is 1. The Morgan fingerprint density at radius 1 is 1.50 bits per heavy atom. The Hall–Kier alpha value is -0.990. The number of unbranched alkanes of at least 4 members (excludes halogenated alkanes) is 2. The van der Waals surface area contributed by atoms with Gasteiger partial charge in [-0.15, -0.1) is 0 Å². The number of aliphatic hydroxyl groups is 1. The van der Waals surface area contributed by atoms with Crippen molar-refractivity contribution < 1.29 is 14.6 Å². The molecule has 0 atom stereocenters. The molecule has 70 valence electrons. The molecule has 0 heterocycles. The molecule has 0 amide bonds. The SMILES string of the molecule is CCCCCOC(=O)C(C)=CO. The van der Waals surface area contributed by atoms with Crippen LogP contribution in [-0.2, 0) is 9.53 Å². The van der Waals surface area contributed by atoms with Gasteiger partial charge in [0.1, 0.15) is 0 Å². The molecule has 0 aromatic rings. The summed E-state index contributed by atoms with van der Waals surface area (Å²) in [6.45, 7) is 4.04. The van der Waals surface area contributed by atoms with E-state index in [-0.39, 0.29) is 5.57 Å². The molecule has 1 N–H and O–H groups in total. The van der Waals surface area contributed by atoms with Crippen LogP contribution in [0, 0.1) is 0 Å². The summed E-state index contributed by atoms with van der Waals surface area (Å²) in [5.41, 5.74) is 0.242. The third kappa shape index (κ3) is 4.77. The topological polar surface area (TPSA) is 46.5 Å². The average molecular weight is 172 g/mol. The predicted molar refractivity (Wildman–Crippen MR) is 46.9 cm³/mol. The highest BCUT2D eigenvalue weighted by Gasteiger charge is 2.03. The molecule has 3 heteroatoms. The van der Waals surface area contributed by atoms with Crippen LogP contribution in [0.5, 0.6) is 0 Å². The fourth-order valence-electron chi connectivity index (χ4n) is 0.683. The third-order valence-electron chi connectivity index (χ3n) is 1.50. The third-order valence-corrected chi connectivity index (χ3v) is 1.50. The van der Waals surface area contributed by atoms with Crippen molar-refractivity contribution in [3.63, 3.8) is 0 Å². The molecular weight excluding hydrogens is 156 g/mol. The van der Waals surface area contributed by atoms with Gasteiger partial charge in [0.15, 0.2) is 0 Å². The Balaban J connectivity index is 3.45. The first-order valence-corrected chi connectivity index (χ1v) is 4.20. The van der Waals surface area contributed by atoms with E-state index in [1.165, 1.54) is 6.92 Å². The summed E-state index contributed by atoms with van der Waals surface area (Å²) < 4.78 is 4.83. The second-order valence-corrected chi connectivity index (χ2v) is 2.66. The number of rotatable bonds is 5. The van der Waals surface area contributed by atoms with E-state index in [1.54, 1.807) is 0 Å². The molecular formula is C9H16O3. The van der Waals surface area contributed by atoms with Gasteiger partial charge in [0.05, 0.1) is 18.4 Å². The molecule has 0 aliphatic carbocycles. The maximum Gasteiger partial charge on any atom is 0.336 e. The van der Waals surface area contributed by atoms with Gasteiger partial charge in [0.2, 0.25) is 0 Å². The van der Waals surface area contributed by atoms with Crippen LogP contribution < -0.4 is 0 Å². The minimum atomic E-state index is -0.436. The molecule has 0 aliphatic rings. The zero-order valence-electron chi connectivity index (χ0n) is 7.67. The van der Waals surface area contributed by atoms with Crippen LogP contribution >= 0.6 is 0 Å². The minimum Gasteiger partial charge on any atom is -0.515 e. The van der Waals surface area contributed by atoms with Gasteiger partial charge in [-0.1, -0.05) is 19.8 Å². The van der Waals surface area contributed by atoms with Crippen molar-refractivity contribution in [2.24, 2.45) is 0 Å². The van der Waals surface area contributed by atoms with E-state index < -0.39 is 5.97 Å². The molecule has 12 heavy (non-hydrogen) atoms. The Morgan fingerprint density at radius 2 is 2.17 bits per heavy atom. The van der Waals surface area contributed by atoms with Gasteiger partial charge in [-0.3, -0.25) is 0 Å². The number of carbonyl (C=O) groups excluding carboxylic acids is 1. The summed E-state index contributed by atoms with van der Waals surface area (Å²) >= 11 is 0. The predicted octanol–water partition coefficient (Wildman–Crippen LogP) is 2.18. The van der Waals surface area contributed by atoms with E-state index >= 15 is 0 Å². The lowest BCUT2D eigenvalue weighted by molar-refractivity contribution is -0.139. The zero-order chi connectivity index (χ0) is 9.40. The smallest absolute Gasteiger partial charge is 0.336 e. The quantitative estimate of drug-likeness (QED) is 0.299. The standard InChI is InChI=1S/C9H16O3/c1-3-4-5-6-12-9(11)8(2)7-10/h7,10H,3-6H2,1-2H3. The van der Waals surface area contributed by atoms with Crippen molar-refractivity contribution >= 4 is 5.97 Å². The molecule has 0 radical (unpaired) electrons. The Morgan fingerprint density at radius 3 is 2.67 bits per heavy atom. The molecule has 3 nitrogen and oxygen atoms in total. The van der Waals surface area contributed by atoms with Crippen LogP contribution in [0.3, 0.4) is 0 Å². The summed E-state index contributed by atoms with van der Waals surface area (Å²) in [4.78, 5) is 10.9. The lowest BCUT2D eigenvalue weighted by Gasteiger charge is -2.02. The molecule has 0 aromatic carbocycles. The molecule has 0 fully saturated rings. The average Bonchev–Trinajstić information content (AvgIpc) is 2.10. The summed E-state index contributed by atoms with van der Waals surface area (Å²) in [5.74, 6) is -0.436. The Bertz CT molecular complexity index is 161. The van der Waals surface area contributed by atoms with E-state index in [2.05, 4.69) is 6.92 Å². The van der Waals surface area contributed by atoms with Crippen molar-refractivity contribution in [2.45, 2.75) is 33.1 Å². The lowest BCUT2D eigenvalue weighted by Crippen LogP contribution is -2.06. The highest BCUT2D eigenvalue weighted by atomic mass is 16.5. The van der Waals surface area contributed by atoms with Crippen LogP contribution in [0.25, 0.3) is 0 Å². The van der Waals surface area contributed by atoms with E-state index in [1.807, 2.05) is 0 Å². The Kier molecular flexibility index (Phi) is 6.15. The molecule has 0 spiro atoms. The van der Waals surface area contributed by atoms with Crippen molar-refractivity contribution in [2.75, 3.05) is 6.61 Å². The van der Waals surface area contributed by atoms with Crippen molar-refractivity contribution in [1.82, 2.24) is 0 Å². The highest BCUT2D eigenvalue weighted by Crippen LogP contribution is 1.98. The van der Waals surface area contributed by atoms with Gasteiger partial charge in [-0.25, -0.2) is 4.79 Å². The summed E-state index contributed by atoms with van der Waals surface area (Å²) in [6, 6.07) is 0. The summed E-state index contributed by atoms with van der Waals surface area (Å²) in [6.07, 6.45) is 3.82. The molecule has 0 bridgehead atoms. The monoisotopic (exact) mass is 172 g/mol. The van der Waals surface area contributed by atoms with Gasteiger partial charge in [-0.05, 0) is 13.3 Å². The normalized spacial score (nSPS) is 11.3. The van der Waals surface area contributed by atoms with E-state index in [9.17, 15) is 4.79 Å². The first kappa shape index (κ1) is 11.0. The lowest BCUT2D eigenvalue weighted by atomic mass is 10.3. The van der Waals surface area contributed by atoms with Crippen molar-refractivity contribution in [1.29, 1.82) is 0 Å². The fourth-order valence-corrected chi connectivity index (χ4v) is 0.683. The second-order valence-electron chi connectivity index (χ2n) is 2.66. The molecule has 0 unspecified atom stereocenters. The second kappa shape index (κ2) is 6.70. The van der Waals surface area contributed by atoms with Gasteiger partial charge < -0.3 is 9.84 Å². The van der Waals surface area contributed by atoms with Gasteiger partial charge >= 0.3 is 5.97 Å². The molecule has 0 rings (SSSR count). The molecule has 0 saturated heterocycles. The van der Waals surface area contributed by atoms with Gasteiger partial charge in [-0.2, -0.15) is 0 Å². The van der Waals surface area contributed by atoms with Crippen LogP contribution in [-0.4, -0.2) is 17.7 Å². The van der Waals surface area contributed by atoms with Crippen molar-refractivity contribution in [3.05, 3.63) is 11.8 Å². The number of carbonyl (C=O) groups is 1. The van der Waals surface area contributed by atoms with E-state index in [0.29, 0.717) is 6.61 Å². The van der Waals surface area contributed by atoms with Crippen LogP contribution in [0.2, 0.25) is 0 Å². The maximum atomic E-state index is 10.9. The maximum absolute atomic E-state index is 10.9. The van der Waals surface area contributed by atoms with Crippen LogP contribution in [0.1, 0.15) is 33.1 Å². The highest BCUT2D eigenvalue weighted by molar-refractivity contribution is 5.87.